The monoisotopic (exact) mass is 381 g/mol. The summed E-state index contributed by atoms with van der Waals surface area (Å²) in [6, 6.07) is 12.5. The van der Waals surface area contributed by atoms with Crippen molar-refractivity contribution in [3.63, 3.8) is 0 Å². The summed E-state index contributed by atoms with van der Waals surface area (Å²) in [5, 5.41) is 10.4. The van der Waals surface area contributed by atoms with E-state index in [1.165, 1.54) is 24.3 Å². The predicted octanol–water partition coefficient (Wildman–Crippen LogP) is 1.01. The van der Waals surface area contributed by atoms with Gasteiger partial charge in [0, 0.05) is 49.1 Å². The molecule has 3 rings (SSSR count). The van der Waals surface area contributed by atoms with Gasteiger partial charge in [0.15, 0.2) is 5.78 Å². The van der Waals surface area contributed by atoms with E-state index in [2.05, 4.69) is 4.90 Å². The van der Waals surface area contributed by atoms with Crippen LogP contribution in [0.3, 0.4) is 0 Å². The first kappa shape index (κ1) is 19.3. The van der Waals surface area contributed by atoms with Crippen LogP contribution in [0.5, 0.6) is 0 Å². The van der Waals surface area contributed by atoms with Gasteiger partial charge in [-0.2, -0.15) is 0 Å². The number of anilines is 1. The lowest BCUT2D eigenvalue weighted by molar-refractivity contribution is -0.297. The van der Waals surface area contributed by atoms with Crippen molar-refractivity contribution in [3.8, 4) is 0 Å². The first-order valence-corrected chi connectivity index (χ1v) is 8.77. The van der Waals surface area contributed by atoms with Gasteiger partial charge >= 0.3 is 0 Å². The van der Waals surface area contributed by atoms with Crippen LogP contribution in [0.25, 0.3) is 0 Å². The van der Waals surface area contributed by atoms with Crippen molar-refractivity contribution in [1.82, 2.24) is 4.90 Å². The zero-order valence-corrected chi connectivity index (χ0v) is 15.0. The molecular formula is C21H18FN2O4-. The maximum atomic E-state index is 13.0. The molecule has 2 aromatic rings. The quantitative estimate of drug-likeness (QED) is 0.570. The molecule has 0 aromatic heterocycles. The van der Waals surface area contributed by atoms with E-state index >= 15 is 0 Å². The van der Waals surface area contributed by atoms with Gasteiger partial charge in [0.2, 0.25) is 5.91 Å². The van der Waals surface area contributed by atoms with Crippen LogP contribution in [0.1, 0.15) is 15.9 Å². The van der Waals surface area contributed by atoms with Gasteiger partial charge in [-0.25, -0.2) is 4.39 Å². The molecule has 0 unspecified atom stereocenters. The summed E-state index contributed by atoms with van der Waals surface area (Å²) in [5.74, 6) is -2.33. The fourth-order valence-corrected chi connectivity index (χ4v) is 3.02. The number of carboxylic acid groups (broad SMARTS) is 1. The Hall–Kier alpha value is -3.48. The Morgan fingerprint density at radius 3 is 1.89 bits per heavy atom. The Morgan fingerprint density at radius 1 is 0.821 bits per heavy atom. The van der Waals surface area contributed by atoms with Gasteiger partial charge in [0.25, 0.3) is 0 Å². The normalized spacial score (nSPS) is 14.3. The van der Waals surface area contributed by atoms with Crippen molar-refractivity contribution in [2.75, 3.05) is 31.1 Å². The SMILES string of the molecule is O=C([O-])C=CC(=O)N1CCN(c2ccc(C(=O)c3ccc(F)cc3)cc2)CC1. The van der Waals surface area contributed by atoms with Crippen molar-refractivity contribution in [3.05, 3.63) is 77.6 Å². The van der Waals surface area contributed by atoms with E-state index in [9.17, 15) is 23.9 Å². The van der Waals surface area contributed by atoms with Gasteiger partial charge in [-0.15, -0.1) is 0 Å². The van der Waals surface area contributed by atoms with Crippen LogP contribution in [-0.4, -0.2) is 48.7 Å². The summed E-state index contributed by atoms with van der Waals surface area (Å²) in [6.45, 7) is 2.12. The van der Waals surface area contributed by atoms with Crippen LogP contribution in [0.15, 0.2) is 60.7 Å². The van der Waals surface area contributed by atoms with Gasteiger partial charge in [-0.3, -0.25) is 9.59 Å². The van der Waals surface area contributed by atoms with E-state index in [-0.39, 0.29) is 17.5 Å². The number of hydrogen-bond donors (Lipinski definition) is 0. The fourth-order valence-electron chi connectivity index (χ4n) is 3.02. The smallest absolute Gasteiger partial charge is 0.246 e. The van der Waals surface area contributed by atoms with Gasteiger partial charge < -0.3 is 19.7 Å². The Morgan fingerprint density at radius 2 is 1.36 bits per heavy atom. The van der Waals surface area contributed by atoms with Crippen molar-refractivity contribution in [2.24, 2.45) is 0 Å². The van der Waals surface area contributed by atoms with E-state index < -0.39 is 5.97 Å². The van der Waals surface area contributed by atoms with E-state index in [1.54, 1.807) is 17.0 Å². The van der Waals surface area contributed by atoms with E-state index in [0.29, 0.717) is 37.3 Å². The number of aliphatic carboxylic acids is 1. The van der Waals surface area contributed by atoms with Gasteiger partial charge in [-0.05, 0) is 54.6 Å². The average molecular weight is 381 g/mol. The molecule has 1 fully saturated rings. The third kappa shape index (κ3) is 4.62. The third-order valence-electron chi connectivity index (χ3n) is 4.55. The number of ketones is 1. The minimum Gasteiger partial charge on any atom is -0.545 e. The molecule has 144 valence electrons. The van der Waals surface area contributed by atoms with E-state index in [0.717, 1.165) is 17.8 Å². The van der Waals surface area contributed by atoms with Gasteiger partial charge in [0.1, 0.15) is 5.82 Å². The molecule has 0 spiro atoms. The van der Waals surface area contributed by atoms with E-state index in [4.69, 9.17) is 0 Å². The lowest BCUT2D eigenvalue weighted by atomic mass is 10.0. The molecule has 0 aliphatic carbocycles. The zero-order chi connectivity index (χ0) is 20.1. The first-order chi connectivity index (χ1) is 13.4. The molecular weight excluding hydrogens is 363 g/mol. The highest BCUT2D eigenvalue weighted by molar-refractivity contribution is 6.09. The second-order valence-electron chi connectivity index (χ2n) is 6.35. The van der Waals surface area contributed by atoms with Crippen LogP contribution >= 0.6 is 0 Å². The molecule has 0 saturated carbocycles. The Balaban J connectivity index is 1.60. The molecule has 28 heavy (non-hydrogen) atoms. The second kappa shape index (κ2) is 8.47. The summed E-state index contributed by atoms with van der Waals surface area (Å²) in [4.78, 5) is 38.4. The van der Waals surface area contributed by atoms with E-state index in [1.807, 2.05) is 12.1 Å². The zero-order valence-electron chi connectivity index (χ0n) is 15.0. The van der Waals surface area contributed by atoms with Crippen molar-refractivity contribution >= 4 is 23.3 Å². The number of halogens is 1. The van der Waals surface area contributed by atoms with Crippen LogP contribution < -0.4 is 10.0 Å². The molecule has 1 amide bonds. The molecule has 0 bridgehead atoms. The predicted molar refractivity (Wildman–Crippen MR) is 99.2 cm³/mol. The lowest BCUT2D eigenvalue weighted by Crippen LogP contribution is -2.48. The highest BCUT2D eigenvalue weighted by atomic mass is 19.1. The lowest BCUT2D eigenvalue weighted by Gasteiger charge is -2.35. The van der Waals surface area contributed by atoms with Gasteiger partial charge in [-0.1, -0.05) is 0 Å². The molecule has 1 aliphatic heterocycles. The number of carboxylic acids is 1. The summed E-state index contributed by atoms with van der Waals surface area (Å²) in [5.41, 5.74) is 1.86. The Labute approximate surface area is 161 Å². The third-order valence-corrected chi connectivity index (χ3v) is 4.55. The average Bonchev–Trinajstić information content (AvgIpc) is 2.72. The molecule has 0 radical (unpaired) electrons. The minimum atomic E-state index is -1.40. The molecule has 0 atom stereocenters. The topological polar surface area (TPSA) is 80.8 Å². The maximum Gasteiger partial charge on any atom is 0.246 e. The highest BCUT2D eigenvalue weighted by Crippen LogP contribution is 2.19. The fraction of sp³-hybridized carbons (Fsp3) is 0.190. The molecule has 1 heterocycles. The number of nitrogens with zero attached hydrogens (tertiary/aromatic N) is 2. The number of rotatable bonds is 5. The van der Waals surface area contributed by atoms with Gasteiger partial charge in [0.05, 0.1) is 5.97 Å². The van der Waals surface area contributed by atoms with Crippen LogP contribution in [0.2, 0.25) is 0 Å². The largest absolute Gasteiger partial charge is 0.545 e. The number of hydrogen-bond acceptors (Lipinski definition) is 5. The number of carbonyl (C=O) groups is 3. The van der Waals surface area contributed by atoms with Crippen LogP contribution in [-0.2, 0) is 9.59 Å². The minimum absolute atomic E-state index is 0.179. The van der Waals surface area contributed by atoms with Crippen molar-refractivity contribution in [1.29, 1.82) is 0 Å². The summed E-state index contributed by atoms with van der Waals surface area (Å²) in [7, 11) is 0. The summed E-state index contributed by atoms with van der Waals surface area (Å²) >= 11 is 0. The summed E-state index contributed by atoms with van der Waals surface area (Å²) in [6.07, 6.45) is 1.73. The van der Waals surface area contributed by atoms with Crippen molar-refractivity contribution < 1.29 is 23.9 Å². The number of piperazine rings is 1. The molecule has 0 N–H and O–H groups in total. The number of benzene rings is 2. The second-order valence-corrected chi connectivity index (χ2v) is 6.35. The summed E-state index contributed by atoms with van der Waals surface area (Å²) < 4.78 is 13.0. The molecule has 1 aliphatic rings. The molecule has 2 aromatic carbocycles. The first-order valence-electron chi connectivity index (χ1n) is 8.77. The molecule has 1 saturated heterocycles. The maximum absolute atomic E-state index is 13.0. The Bertz CT molecular complexity index is 899. The standard InChI is InChI=1S/C21H19FN2O4/c22-17-5-1-15(2-6-17)21(28)16-3-7-18(8-4-16)23-11-13-24(14-12-23)19(25)9-10-20(26)27/h1-10H,11-14H2,(H,26,27)/p-1. The number of amides is 1. The molecule has 6 nitrogen and oxygen atoms in total. The van der Waals surface area contributed by atoms with Crippen LogP contribution in [0, 0.1) is 5.82 Å². The Kier molecular flexibility index (Phi) is 5.84. The number of carbonyl (C=O) groups excluding carboxylic acids is 3. The molecule has 7 heteroatoms. The highest BCUT2D eigenvalue weighted by Gasteiger charge is 2.20. The van der Waals surface area contributed by atoms with Crippen molar-refractivity contribution in [2.45, 2.75) is 0 Å². The van der Waals surface area contributed by atoms with Crippen LogP contribution in [0.4, 0.5) is 10.1 Å².